The molecule has 0 aliphatic carbocycles. The number of rotatable bonds is 3. The molecule has 3 rings (SSSR count). The average molecular weight is 302 g/mol. The Morgan fingerprint density at radius 2 is 2.10 bits per heavy atom. The van der Waals surface area contributed by atoms with Gasteiger partial charge in [0.15, 0.2) is 10.8 Å². The first kappa shape index (κ1) is 13.5. The van der Waals surface area contributed by atoms with E-state index in [0.717, 1.165) is 5.56 Å². The molecule has 3 aromatic rings. The molecule has 1 aromatic carbocycles. The summed E-state index contributed by atoms with van der Waals surface area (Å²) in [6.07, 6.45) is 1.52. The van der Waals surface area contributed by atoms with Gasteiger partial charge in [0.25, 0.3) is 5.91 Å². The highest BCUT2D eigenvalue weighted by Crippen LogP contribution is 2.21. The second-order valence-electron chi connectivity index (χ2n) is 4.44. The van der Waals surface area contributed by atoms with Crippen molar-refractivity contribution in [2.45, 2.75) is 6.54 Å². The fraction of sp³-hybridized carbons (Fsp3) is 0.143. The Labute approximate surface area is 125 Å². The molecule has 7 heteroatoms. The van der Waals surface area contributed by atoms with Crippen LogP contribution in [-0.2, 0) is 6.54 Å². The van der Waals surface area contributed by atoms with Gasteiger partial charge >= 0.3 is 0 Å². The van der Waals surface area contributed by atoms with E-state index in [1.165, 1.54) is 13.2 Å². The molecule has 2 aromatic heterocycles. The first-order chi connectivity index (χ1) is 10.2. The van der Waals surface area contributed by atoms with Crippen LogP contribution in [0, 0.1) is 0 Å². The summed E-state index contributed by atoms with van der Waals surface area (Å²) in [5, 5.41) is 7.70. The molecular weight excluding hydrogens is 290 g/mol. The maximum atomic E-state index is 11.6. The molecule has 0 unspecified atom stereocenters. The van der Waals surface area contributed by atoms with Crippen LogP contribution in [0.15, 0.2) is 36.5 Å². The standard InChI is InChI=1S/C14H12ClN5O/c1-16-14(21)12-17-7-10-11(15)19-20(13(10)18-12)8-9-5-3-2-4-6-9/h2-7H,8H2,1H3,(H,16,21). The maximum Gasteiger partial charge on any atom is 0.288 e. The monoisotopic (exact) mass is 301 g/mol. The zero-order valence-electron chi connectivity index (χ0n) is 11.2. The second-order valence-corrected chi connectivity index (χ2v) is 4.80. The van der Waals surface area contributed by atoms with Crippen LogP contribution < -0.4 is 5.32 Å². The van der Waals surface area contributed by atoms with E-state index in [1.807, 2.05) is 30.3 Å². The van der Waals surface area contributed by atoms with Crippen LogP contribution in [0.3, 0.4) is 0 Å². The van der Waals surface area contributed by atoms with Gasteiger partial charge in [-0.1, -0.05) is 41.9 Å². The second kappa shape index (κ2) is 5.49. The summed E-state index contributed by atoms with van der Waals surface area (Å²) in [5.74, 6) is -0.253. The van der Waals surface area contributed by atoms with E-state index in [1.54, 1.807) is 4.68 Å². The molecule has 6 nitrogen and oxygen atoms in total. The molecule has 1 N–H and O–H groups in total. The molecule has 2 heterocycles. The van der Waals surface area contributed by atoms with Crippen molar-refractivity contribution in [3.63, 3.8) is 0 Å². The molecule has 0 aliphatic heterocycles. The molecule has 0 saturated heterocycles. The van der Waals surface area contributed by atoms with E-state index in [4.69, 9.17) is 11.6 Å². The molecule has 0 spiro atoms. The SMILES string of the molecule is CNC(=O)c1ncc2c(Cl)nn(Cc3ccccc3)c2n1. The van der Waals surface area contributed by atoms with Gasteiger partial charge in [0, 0.05) is 13.2 Å². The quantitative estimate of drug-likeness (QED) is 0.802. The van der Waals surface area contributed by atoms with Crippen LogP contribution in [0.25, 0.3) is 11.0 Å². The third kappa shape index (κ3) is 2.57. The van der Waals surface area contributed by atoms with Crippen molar-refractivity contribution in [2.24, 2.45) is 0 Å². The smallest absolute Gasteiger partial charge is 0.288 e. The normalized spacial score (nSPS) is 10.8. The van der Waals surface area contributed by atoms with Crippen LogP contribution in [0.4, 0.5) is 0 Å². The molecule has 0 aliphatic rings. The first-order valence-electron chi connectivity index (χ1n) is 6.34. The topological polar surface area (TPSA) is 72.7 Å². The van der Waals surface area contributed by atoms with Crippen molar-refractivity contribution in [3.05, 3.63) is 53.1 Å². The number of fused-ring (bicyclic) bond motifs is 1. The van der Waals surface area contributed by atoms with Gasteiger partial charge < -0.3 is 5.32 Å². The fourth-order valence-electron chi connectivity index (χ4n) is 2.01. The molecule has 0 atom stereocenters. The molecule has 0 fully saturated rings. The Morgan fingerprint density at radius 1 is 1.33 bits per heavy atom. The number of nitrogens with one attached hydrogen (secondary N) is 1. The molecule has 0 saturated carbocycles. The predicted molar refractivity (Wildman–Crippen MR) is 79.3 cm³/mol. The van der Waals surface area contributed by atoms with E-state index in [0.29, 0.717) is 22.7 Å². The van der Waals surface area contributed by atoms with Crippen LogP contribution in [0.5, 0.6) is 0 Å². The molecule has 106 valence electrons. The van der Waals surface area contributed by atoms with E-state index in [-0.39, 0.29) is 11.7 Å². The molecular formula is C14H12ClN5O. The summed E-state index contributed by atoms with van der Waals surface area (Å²) in [5.41, 5.74) is 1.61. The summed E-state index contributed by atoms with van der Waals surface area (Å²) >= 11 is 6.10. The lowest BCUT2D eigenvalue weighted by molar-refractivity contribution is 0.0953. The minimum atomic E-state index is -0.347. The average Bonchev–Trinajstić information content (AvgIpc) is 2.83. The Balaban J connectivity index is 2.07. The van der Waals surface area contributed by atoms with Crippen LogP contribution >= 0.6 is 11.6 Å². The van der Waals surface area contributed by atoms with Gasteiger partial charge in [-0.3, -0.25) is 4.79 Å². The first-order valence-corrected chi connectivity index (χ1v) is 6.72. The van der Waals surface area contributed by atoms with E-state index < -0.39 is 0 Å². The number of hydrogen-bond donors (Lipinski definition) is 1. The Bertz CT molecular complexity index is 800. The van der Waals surface area contributed by atoms with Crippen LogP contribution in [0.2, 0.25) is 5.15 Å². The Kier molecular flexibility index (Phi) is 3.53. The number of hydrogen-bond acceptors (Lipinski definition) is 4. The molecule has 0 bridgehead atoms. The Morgan fingerprint density at radius 3 is 2.81 bits per heavy atom. The number of carbonyl (C=O) groups excluding carboxylic acids is 1. The van der Waals surface area contributed by atoms with Crippen molar-refractivity contribution < 1.29 is 4.79 Å². The minimum absolute atomic E-state index is 0.0934. The largest absolute Gasteiger partial charge is 0.352 e. The predicted octanol–water partition coefficient (Wildman–Crippen LogP) is 1.89. The van der Waals surface area contributed by atoms with Gasteiger partial charge in [0.05, 0.1) is 11.9 Å². The summed E-state index contributed by atoms with van der Waals surface area (Å²) in [6, 6.07) is 9.83. The molecule has 0 radical (unpaired) electrons. The van der Waals surface area contributed by atoms with E-state index in [9.17, 15) is 4.79 Å². The lowest BCUT2D eigenvalue weighted by atomic mass is 10.2. The van der Waals surface area contributed by atoms with Crippen LogP contribution in [-0.4, -0.2) is 32.7 Å². The van der Waals surface area contributed by atoms with Gasteiger partial charge in [0.2, 0.25) is 5.82 Å². The number of carbonyl (C=O) groups is 1. The highest BCUT2D eigenvalue weighted by Gasteiger charge is 2.15. The van der Waals surface area contributed by atoms with Gasteiger partial charge in [-0.2, -0.15) is 5.10 Å². The number of nitrogens with zero attached hydrogens (tertiary/aromatic N) is 4. The highest BCUT2D eigenvalue weighted by molar-refractivity contribution is 6.34. The lowest BCUT2D eigenvalue weighted by Gasteiger charge is -2.03. The number of benzene rings is 1. The summed E-state index contributed by atoms with van der Waals surface area (Å²) in [4.78, 5) is 19.9. The zero-order chi connectivity index (χ0) is 14.8. The van der Waals surface area contributed by atoms with Gasteiger partial charge in [-0.25, -0.2) is 14.6 Å². The third-order valence-corrected chi connectivity index (χ3v) is 3.33. The van der Waals surface area contributed by atoms with Crippen molar-refractivity contribution in [3.8, 4) is 0 Å². The van der Waals surface area contributed by atoms with E-state index in [2.05, 4.69) is 20.4 Å². The number of aromatic nitrogens is 4. The van der Waals surface area contributed by atoms with Gasteiger partial charge in [0.1, 0.15) is 0 Å². The van der Waals surface area contributed by atoms with Gasteiger partial charge in [-0.05, 0) is 5.56 Å². The Hall–Kier alpha value is -2.47. The van der Waals surface area contributed by atoms with Crippen LogP contribution in [0.1, 0.15) is 16.2 Å². The van der Waals surface area contributed by atoms with E-state index >= 15 is 0 Å². The third-order valence-electron chi connectivity index (χ3n) is 3.05. The summed E-state index contributed by atoms with van der Waals surface area (Å²) < 4.78 is 1.67. The summed E-state index contributed by atoms with van der Waals surface area (Å²) in [7, 11) is 1.53. The molecule has 21 heavy (non-hydrogen) atoms. The zero-order valence-corrected chi connectivity index (χ0v) is 12.0. The van der Waals surface area contributed by atoms with Crippen molar-refractivity contribution in [1.82, 2.24) is 25.1 Å². The van der Waals surface area contributed by atoms with Crippen molar-refractivity contribution in [1.29, 1.82) is 0 Å². The minimum Gasteiger partial charge on any atom is -0.352 e. The van der Waals surface area contributed by atoms with Crippen molar-refractivity contribution >= 4 is 28.5 Å². The van der Waals surface area contributed by atoms with Gasteiger partial charge in [-0.15, -0.1) is 0 Å². The molecule has 1 amide bonds. The van der Waals surface area contributed by atoms with Crippen molar-refractivity contribution in [2.75, 3.05) is 7.05 Å². The highest BCUT2D eigenvalue weighted by atomic mass is 35.5. The number of amides is 1. The summed E-state index contributed by atoms with van der Waals surface area (Å²) in [6.45, 7) is 0.522. The fourth-order valence-corrected chi connectivity index (χ4v) is 2.23. The lowest BCUT2D eigenvalue weighted by Crippen LogP contribution is -2.21. The number of halogens is 1. The maximum absolute atomic E-state index is 11.6.